The van der Waals surface area contributed by atoms with Crippen LogP contribution in [-0.4, -0.2) is 30.8 Å². The average molecular weight is 487 g/mol. The van der Waals surface area contributed by atoms with Crippen LogP contribution in [0.1, 0.15) is 15.9 Å². The van der Waals surface area contributed by atoms with Gasteiger partial charge in [0.05, 0.1) is 0 Å². The number of ether oxygens (including phenoxy) is 2. The van der Waals surface area contributed by atoms with E-state index >= 15 is 0 Å². The summed E-state index contributed by atoms with van der Waals surface area (Å²) in [5.41, 5.74) is 4.98. The van der Waals surface area contributed by atoms with E-state index in [1.165, 1.54) is 30.3 Å². The molecule has 2 aromatic rings. The molecule has 0 radical (unpaired) electrons. The monoisotopic (exact) mass is 486 g/mol. The van der Waals surface area contributed by atoms with E-state index in [9.17, 15) is 27.6 Å². The molecule has 0 unspecified atom stereocenters. The number of carbonyl (C=O) groups excluding carboxylic acids is 3. The molecule has 0 saturated carbocycles. The molecule has 7 nitrogen and oxygen atoms in total. The molecule has 30 heavy (non-hydrogen) atoms. The first-order valence-corrected chi connectivity index (χ1v) is 8.97. The molecule has 0 aliphatic carbocycles. The van der Waals surface area contributed by atoms with Crippen molar-refractivity contribution in [3.63, 3.8) is 0 Å². The maximum atomic E-state index is 12.1. The van der Waals surface area contributed by atoms with Gasteiger partial charge in [0.15, 0.2) is 6.61 Å². The fourth-order valence-corrected chi connectivity index (χ4v) is 2.23. The fourth-order valence-electron chi connectivity index (χ4n) is 1.97. The van der Waals surface area contributed by atoms with Gasteiger partial charge in [-0.1, -0.05) is 28.1 Å². The Balaban J connectivity index is 1.73. The maximum absolute atomic E-state index is 12.1. The van der Waals surface area contributed by atoms with Crippen molar-refractivity contribution in [1.82, 2.24) is 10.9 Å². The number of rotatable bonds is 6. The summed E-state index contributed by atoms with van der Waals surface area (Å²) < 4.78 is 45.5. The van der Waals surface area contributed by atoms with Crippen LogP contribution >= 0.6 is 15.9 Å². The molecule has 0 spiro atoms. The number of alkyl halides is 3. The first kappa shape index (κ1) is 22.9. The maximum Gasteiger partial charge on any atom is 0.573 e. The predicted molar refractivity (Wildman–Crippen MR) is 103 cm³/mol. The summed E-state index contributed by atoms with van der Waals surface area (Å²) >= 11 is 3.23. The highest BCUT2D eigenvalue weighted by atomic mass is 79.9. The molecule has 11 heteroatoms. The van der Waals surface area contributed by atoms with Crippen LogP contribution in [0.4, 0.5) is 13.2 Å². The molecular formula is C19H14BrF3N2O5. The van der Waals surface area contributed by atoms with E-state index < -0.39 is 36.5 Å². The SMILES string of the molecule is O=C(COC(=O)/C=C/c1ccc(OC(F)(F)F)cc1)NNC(=O)c1ccc(Br)cc1. The van der Waals surface area contributed by atoms with E-state index in [1.54, 1.807) is 12.1 Å². The van der Waals surface area contributed by atoms with Gasteiger partial charge in [0.1, 0.15) is 5.75 Å². The summed E-state index contributed by atoms with van der Waals surface area (Å²) in [6.07, 6.45) is -2.51. The summed E-state index contributed by atoms with van der Waals surface area (Å²) in [6, 6.07) is 11.2. The van der Waals surface area contributed by atoms with Crippen molar-refractivity contribution in [1.29, 1.82) is 0 Å². The second-order valence-electron chi connectivity index (χ2n) is 5.57. The Morgan fingerprint density at radius 1 is 0.967 bits per heavy atom. The first-order valence-electron chi connectivity index (χ1n) is 8.18. The normalized spacial score (nSPS) is 11.1. The number of hydrogen-bond acceptors (Lipinski definition) is 5. The lowest BCUT2D eigenvalue weighted by Crippen LogP contribution is -2.43. The molecule has 0 saturated heterocycles. The quantitative estimate of drug-likeness (QED) is 0.371. The van der Waals surface area contributed by atoms with Gasteiger partial charge in [0.25, 0.3) is 11.8 Å². The second kappa shape index (κ2) is 10.4. The second-order valence-corrected chi connectivity index (χ2v) is 6.48. The zero-order valence-electron chi connectivity index (χ0n) is 15.0. The highest BCUT2D eigenvalue weighted by molar-refractivity contribution is 9.10. The van der Waals surface area contributed by atoms with Crippen molar-refractivity contribution in [2.75, 3.05) is 6.61 Å². The van der Waals surface area contributed by atoms with Gasteiger partial charge >= 0.3 is 12.3 Å². The molecule has 158 valence electrons. The molecule has 0 bridgehead atoms. The number of halogens is 4. The third-order valence-electron chi connectivity index (χ3n) is 3.29. The van der Waals surface area contributed by atoms with Gasteiger partial charge in [-0.15, -0.1) is 13.2 Å². The third kappa shape index (κ3) is 8.35. The summed E-state index contributed by atoms with van der Waals surface area (Å²) in [5, 5.41) is 0. The Morgan fingerprint density at radius 2 is 1.60 bits per heavy atom. The molecule has 0 aromatic heterocycles. The van der Waals surface area contributed by atoms with Crippen molar-refractivity contribution < 1.29 is 37.0 Å². The standard InChI is InChI=1S/C19H14BrF3N2O5/c20-14-6-4-13(5-7-14)18(28)25-24-16(26)11-29-17(27)10-3-12-1-8-15(9-2-12)30-19(21,22)23/h1-10H,11H2,(H,24,26)(H,25,28)/b10-3+. The number of carbonyl (C=O) groups is 3. The Labute approximate surface area is 176 Å². The average Bonchev–Trinajstić information content (AvgIpc) is 2.69. The minimum Gasteiger partial charge on any atom is -0.452 e. The molecule has 2 aromatic carbocycles. The predicted octanol–water partition coefficient (Wildman–Crippen LogP) is 3.37. The molecule has 2 amide bonds. The molecule has 0 fully saturated rings. The molecule has 0 aliphatic heterocycles. The Kier molecular flexibility index (Phi) is 7.98. The number of esters is 1. The van der Waals surface area contributed by atoms with Gasteiger partial charge in [0, 0.05) is 16.1 Å². The first-order chi connectivity index (χ1) is 14.1. The van der Waals surface area contributed by atoms with Gasteiger partial charge < -0.3 is 9.47 Å². The minimum atomic E-state index is -4.79. The highest BCUT2D eigenvalue weighted by Crippen LogP contribution is 2.23. The third-order valence-corrected chi connectivity index (χ3v) is 3.82. The van der Waals surface area contributed by atoms with E-state index in [0.29, 0.717) is 11.1 Å². The number of amides is 2. The van der Waals surface area contributed by atoms with E-state index in [2.05, 4.69) is 31.5 Å². The lowest BCUT2D eigenvalue weighted by molar-refractivity contribution is -0.274. The molecule has 2 N–H and O–H groups in total. The zero-order chi connectivity index (χ0) is 22.1. The van der Waals surface area contributed by atoms with E-state index in [-0.39, 0.29) is 0 Å². The molecule has 2 rings (SSSR count). The van der Waals surface area contributed by atoms with Crippen LogP contribution in [0, 0.1) is 0 Å². The molecule has 0 heterocycles. The number of benzene rings is 2. The van der Waals surface area contributed by atoms with Crippen LogP contribution in [0.15, 0.2) is 59.1 Å². The molecule has 0 atom stereocenters. The van der Waals surface area contributed by atoms with Gasteiger partial charge in [-0.3, -0.25) is 20.4 Å². The van der Waals surface area contributed by atoms with E-state index in [0.717, 1.165) is 22.7 Å². The summed E-state index contributed by atoms with van der Waals surface area (Å²) in [7, 11) is 0. The van der Waals surface area contributed by atoms with Crippen LogP contribution in [0.5, 0.6) is 5.75 Å². The van der Waals surface area contributed by atoms with Crippen molar-refractivity contribution in [3.8, 4) is 5.75 Å². The lowest BCUT2D eigenvalue weighted by Gasteiger charge is -2.08. The largest absolute Gasteiger partial charge is 0.573 e. The van der Waals surface area contributed by atoms with Crippen LogP contribution in [0.25, 0.3) is 6.08 Å². The number of hydrazine groups is 1. The fraction of sp³-hybridized carbons (Fsp3) is 0.105. The van der Waals surface area contributed by atoms with E-state index in [4.69, 9.17) is 4.74 Å². The van der Waals surface area contributed by atoms with Crippen LogP contribution in [0.2, 0.25) is 0 Å². The summed E-state index contributed by atoms with van der Waals surface area (Å²) in [4.78, 5) is 35.1. The zero-order valence-corrected chi connectivity index (χ0v) is 16.6. The van der Waals surface area contributed by atoms with Crippen molar-refractivity contribution in [2.24, 2.45) is 0 Å². The van der Waals surface area contributed by atoms with Gasteiger partial charge in [-0.05, 0) is 48.0 Å². The van der Waals surface area contributed by atoms with Crippen LogP contribution < -0.4 is 15.6 Å². The van der Waals surface area contributed by atoms with Crippen molar-refractivity contribution in [2.45, 2.75) is 6.36 Å². The van der Waals surface area contributed by atoms with Gasteiger partial charge in [-0.2, -0.15) is 0 Å². The Morgan fingerprint density at radius 3 is 2.20 bits per heavy atom. The Hall–Kier alpha value is -3.34. The topological polar surface area (TPSA) is 93.7 Å². The van der Waals surface area contributed by atoms with E-state index in [1.807, 2.05) is 0 Å². The number of nitrogens with one attached hydrogen (secondary N) is 2. The van der Waals surface area contributed by atoms with Crippen molar-refractivity contribution >= 4 is 39.8 Å². The minimum absolute atomic E-state index is 0.310. The Bertz CT molecular complexity index is 929. The van der Waals surface area contributed by atoms with Gasteiger partial charge in [0.2, 0.25) is 0 Å². The summed E-state index contributed by atoms with van der Waals surface area (Å²) in [5.74, 6) is -2.58. The van der Waals surface area contributed by atoms with Crippen molar-refractivity contribution in [3.05, 3.63) is 70.2 Å². The van der Waals surface area contributed by atoms with Crippen LogP contribution in [0.3, 0.4) is 0 Å². The number of hydrogen-bond donors (Lipinski definition) is 2. The summed E-state index contributed by atoms with van der Waals surface area (Å²) in [6.45, 7) is -0.651. The smallest absolute Gasteiger partial charge is 0.452 e. The van der Waals surface area contributed by atoms with Gasteiger partial charge in [-0.25, -0.2) is 4.79 Å². The molecular weight excluding hydrogens is 473 g/mol. The highest BCUT2D eigenvalue weighted by Gasteiger charge is 2.30. The molecule has 0 aliphatic rings. The van der Waals surface area contributed by atoms with Crippen LogP contribution in [-0.2, 0) is 14.3 Å². The lowest BCUT2D eigenvalue weighted by atomic mass is 10.2.